The first-order valence-electron chi connectivity index (χ1n) is 2.72. The molecule has 0 heterocycles. The summed E-state index contributed by atoms with van der Waals surface area (Å²) in [6.45, 7) is 7.72. The summed E-state index contributed by atoms with van der Waals surface area (Å²) in [5.41, 5.74) is 5.85. The van der Waals surface area contributed by atoms with E-state index in [0.717, 1.165) is 0 Å². The molecule has 0 aromatic rings. The van der Waals surface area contributed by atoms with Gasteiger partial charge in [0.2, 0.25) is 0 Å². The van der Waals surface area contributed by atoms with Gasteiger partial charge in [0, 0.05) is 18.3 Å². The van der Waals surface area contributed by atoms with Crippen LogP contribution in [-0.4, -0.2) is 13.3 Å². The number of rotatable bonds is 1. The lowest BCUT2D eigenvalue weighted by Crippen LogP contribution is -1.98. The minimum absolute atomic E-state index is 0.522. The minimum Gasteiger partial charge on any atom is -0.397 e. The first-order valence-corrected chi connectivity index (χ1v) is 3.10. The second kappa shape index (κ2) is 8.24. The SMILES string of the molecule is C=C.CN=C/C(N)=C(\C)Cl. The fourth-order valence-corrected chi connectivity index (χ4v) is 0.277. The third-order valence-corrected chi connectivity index (χ3v) is 0.884. The molecule has 0 atom stereocenters. The van der Waals surface area contributed by atoms with Gasteiger partial charge >= 0.3 is 0 Å². The van der Waals surface area contributed by atoms with Crippen molar-refractivity contribution in [3.05, 3.63) is 23.9 Å². The Balaban J connectivity index is 0. The van der Waals surface area contributed by atoms with Crippen LogP contribution >= 0.6 is 11.6 Å². The van der Waals surface area contributed by atoms with Crippen LogP contribution < -0.4 is 5.73 Å². The lowest BCUT2D eigenvalue weighted by molar-refractivity contribution is 1.39. The molecule has 0 bridgehead atoms. The summed E-state index contributed by atoms with van der Waals surface area (Å²) < 4.78 is 0. The third-order valence-electron chi connectivity index (χ3n) is 0.666. The zero-order valence-corrected chi connectivity index (χ0v) is 7.15. The number of hydrogen-bond donors (Lipinski definition) is 1. The maximum absolute atomic E-state index is 5.47. The summed E-state index contributed by atoms with van der Waals surface area (Å²) in [5.74, 6) is 0. The summed E-state index contributed by atoms with van der Waals surface area (Å²) in [4.78, 5) is 3.66. The normalized spacial score (nSPS) is 11.9. The van der Waals surface area contributed by atoms with E-state index in [1.54, 1.807) is 14.0 Å². The van der Waals surface area contributed by atoms with Crippen LogP contribution in [0.15, 0.2) is 28.9 Å². The van der Waals surface area contributed by atoms with Gasteiger partial charge in [-0.15, -0.1) is 13.2 Å². The van der Waals surface area contributed by atoms with Crippen molar-refractivity contribution in [2.24, 2.45) is 10.7 Å². The molecule has 0 fully saturated rings. The molecule has 0 aromatic heterocycles. The van der Waals surface area contributed by atoms with Crippen LogP contribution in [0.5, 0.6) is 0 Å². The molecule has 0 aliphatic rings. The first-order chi connectivity index (χ1) is 4.68. The molecule has 0 saturated heterocycles. The van der Waals surface area contributed by atoms with Crippen LogP contribution in [0.25, 0.3) is 0 Å². The van der Waals surface area contributed by atoms with Gasteiger partial charge in [0.05, 0.1) is 5.70 Å². The molecule has 2 N–H and O–H groups in total. The van der Waals surface area contributed by atoms with Crippen molar-refractivity contribution in [3.8, 4) is 0 Å². The summed E-state index contributed by atoms with van der Waals surface area (Å²) in [5, 5.41) is 0.579. The molecule has 0 spiro atoms. The third kappa shape index (κ3) is 7.24. The second-order valence-electron chi connectivity index (χ2n) is 1.38. The Morgan fingerprint density at radius 1 is 1.60 bits per heavy atom. The van der Waals surface area contributed by atoms with Crippen LogP contribution in [0.4, 0.5) is 0 Å². The van der Waals surface area contributed by atoms with Crippen LogP contribution in [0, 0.1) is 0 Å². The molecule has 10 heavy (non-hydrogen) atoms. The molecular weight excluding hydrogens is 148 g/mol. The molecule has 0 amide bonds. The van der Waals surface area contributed by atoms with Crippen molar-refractivity contribution in [1.82, 2.24) is 0 Å². The first kappa shape index (κ1) is 12.0. The summed E-state index contributed by atoms with van der Waals surface area (Å²) in [7, 11) is 1.65. The standard InChI is InChI=1S/C5H9ClN2.C2H4/c1-4(6)5(7)3-8-2;1-2/h3H,7H2,1-2H3;1-2H2/b5-4-,8-3?;. The number of nitrogens with zero attached hydrogens (tertiary/aromatic N) is 1. The Hall–Kier alpha value is -0.760. The van der Waals surface area contributed by atoms with E-state index in [9.17, 15) is 0 Å². The van der Waals surface area contributed by atoms with Gasteiger partial charge in [-0.3, -0.25) is 4.99 Å². The van der Waals surface area contributed by atoms with Gasteiger partial charge in [-0.1, -0.05) is 11.6 Å². The van der Waals surface area contributed by atoms with Crippen molar-refractivity contribution in [2.45, 2.75) is 6.92 Å². The summed E-state index contributed by atoms with van der Waals surface area (Å²) >= 11 is 5.47. The smallest absolute Gasteiger partial charge is 0.0639 e. The predicted molar refractivity (Wildman–Crippen MR) is 48.4 cm³/mol. The van der Waals surface area contributed by atoms with Gasteiger partial charge in [0.1, 0.15) is 0 Å². The van der Waals surface area contributed by atoms with Crippen molar-refractivity contribution < 1.29 is 0 Å². The Morgan fingerprint density at radius 2 is 2.00 bits per heavy atom. The lowest BCUT2D eigenvalue weighted by Gasteiger charge is -1.89. The molecule has 0 radical (unpaired) electrons. The highest BCUT2D eigenvalue weighted by atomic mass is 35.5. The van der Waals surface area contributed by atoms with E-state index in [-0.39, 0.29) is 0 Å². The maximum atomic E-state index is 5.47. The Morgan fingerprint density at radius 3 is 2.10 bits per heavy atom. The zero-order valence-electron chi connectivity index (χ0n) is 6.39. The molecule has 0 rings (SSSR count). The molecule has 3 heteroatoms. The number of allylic oxidation sites excluding steroid dienone is 2. The molecule has 2 nitrogen and oxygen atoms in total. The average molecular weight is 161 g/mol. The minimum atomic E-state index is 0.522. The fourth-order valence-electron chi connectivity index (χ4n) is 0.228. The Kier molecular flexibility index (Phi) is 9.86. The average Bonchev–Trinajstić information content (AvgIpc) is 1.93. The second-order valence-corrected chi connectivity index (χ2v) is 1.94. The molecule has 0 aliphatic heterocycles. The zero-order chi connectivity index (χ0) is 8.57. The highest BCUT2D eigenvalue weighted by molar-refractivity contribution is 6.30. The predicted octanol–water partition coefficient (Wildman–Crippen LogP) is 1.92. The fraction of sp³-hybridized carbons (Fsp3) is 0.286. The van der Waals surface area contributed by atoms with Crippen molar-refractivity contribution >= 4 is 17.8 Å². The molecule has 0 aromatic carbocycles. The quantitative estimate of drug-likeness (QED) is 0.462. The highest BCUT2D eigenvalue weighted by Gasteiger charge is 1.85. The summed E-state index contributed by atoms with van der Waals surface area (Å²) in [6, 6.07) is 0. The maximum Gasteiger partial charge on any atom is 0.0639 e. The molecule has 0 saturated carbocycles. The molecule has 0 unspecified atom stereocenters. The van der Waals surface area contributed by atoms with E-state index < -0.39 is 0 Å². The number of nitrogens with two attached hydrogens (primary N) is 1. The van der Waals surface area contributed by atoms with E-state index in [0.29, 0.717) is 10.7 Å². The number of halogens is 1. The lowest BCUT2D eigenvalue weighted by atomic mass is 10.4. The van der Waals surface area contributed by atoms with Crippen LogP contribution in [-0.2, 0) is 0 Å². The van der Waals surface area contributed by atoms with Crippen molar-refractivity contribution in [1.29, 1.82) is 0 Å². The number of aliphatic imine (C=N–C) groups is 1. The van der Waals surface area contributed by atoms with Crippen LogP contribution in [0.3, 0.4) is 0 Å². The molecule has 58 valence electrons. The van der Waals surface area contributed by atoms with E-state index in [1.807, 2.05) is 0 Å². The topological polar surface area (TPSA) is 38.4 Å². The Bertz CT molecular complexity index is 135. The largest absolute Gasteiger partial charge is 0.397 e. The van der Waals surface area contributed by atoms with Gasteiger partial charge < -0.3 is 5.73 Å². The molecular formula is C7H13ClN2. The summed E-state index contributed by atoms with van der Waals surface area (Å²) in [6.07, 6.45) is 1.52. The van der Waals surface area contributed by atoms with Gasteiger partial charge in [-0.2, -0.15) is 0 Å². The van der Waals surface area contributed by atoms with E-state index in [2.05, 4.69) is 18.2 Å². The monoisotopic (exact) mass is 160 g/mol. The van der Waals surface area contributed by atoms with Crippen LogP contribution in [0.2, 0.25) is 0 Å². The molecule has 0 aliphatic carbocycles. The van der Waals surface area contributed by atoms with E-state index in [1.165, 1.54) is 6.21 Å². The van der Waals surface area contributed by atoms with Gasteiger partial charge in [0.15, 0.2) is 0 Å². The van der Waals surface area contributed by atoms with Gasteiger partial charge in [0.25, 0.3) is 0 Å². The highest BCUT2D eigenvalue weighted by Crippen LogP contribution is 1.99. The van der Waals surface area contributed by atoms with Gasteiger partial charge in [-0.05, 0) is 6.92 Å². The van der Waals surface area contributed by atoms with Gasteiger partial charge in [-0.25, -0.2) is 0 Å². The van der Waals surface area contributed by atoms with Crippen molar-refractivity contribution in [3.63, 3.8) is 0 Å². The Labute approximate surface area is 67.1 Å². The van der Waals surface area contributed by atoms with Crippen molar-refractivity contribution in [2.75, 3.05) is 7.05 Å². The van der Waals surface area contributed by atoms with E-state index in [4.69, 9.17) is 17.3 Å². The van der Waals surface area contributed by atoms with Crippen LogP contribution in [0.1, 0.15) is 6.92 Å². The van der Waals surface area contributed by atoms with E-state index >= 15 is 0 Å². The number of hydrogen-bond acceptors (Lipinski definition) is 2.